The van der Waals surface area contributed by atoms with E-state index in [0.717, 1.165) is 44.0 Å². The molecule has 0 aliphatic rings. The molecule has 0 amide bonds. The van der Waals surface area contributed by atoms with E-state index in [4.69, 9.17) is 9.47 Å². The molecule has 2 rings (SSSR count). The molecular formula is C18H23NO2. The van der Waals surface area contributed by atoms with Crippen molar-refractivity contribution in [3.8, 4) is 11.5 Å². The van der Waals surface area contributed by atoms with E-state index >= 15 is 0 Å². The summed E-state index contributed by atoms with van der Waals surface area (Å²) < 4.78 is 10.8. The summed E-state index contributed by atoms with van der Waals surface area (Å²) in [6, 6.07) is 18.1. The molecule has 3 nitrogen and oxygen atoms in total. The lowest BCUT2D eigenvalue weighted by Gasteiger charge is -2.07. The summed E-state index contributed by atoms with van der Waals surface area (Å²) in [5.74, 6) is 1.85. The molecule has 3 heteroatoms. The van der Waals surface area contributed by atoms with Gasteiger partial charge in [0.15, 0.2) is 0 Å². The normalized spacial score (nSPS) is 10.3. The Morgan fingerprint density at radius 2 is 1.62 bits per heavy atom. The molecule has 112 valence electrons. The van der Waals surface area contributed by atoms with E-state index < -0.39 is 0 Å². The highest BCUT2D eigenvalue weighted by molar-refractivity contribution is 5.27. The van der Waals surface area contributed by atoms with Gasteiger partial charge >= 0.3 is 0 Å². The van der Waals surface area contributed by atoms with Gasteiger partial charge in [-0.05, 0) is 49.2 Å². The van der Waals surface area contributed by atoms with Gasteiger partial charge in [-0.3, -0.25) is 0 Å². The Balaban J connectivity index is 1.51. The molecule has 21 heavy (non-hydrogen) atoms. The molecule has 0 saturated carbocycles. The predicted octanol–water partition coefficient (Wildman–Crippen LogP) is 3.64. The topological polar surface area (TPSA) is 30.5 Å². The Hall–Kier alpha value is -2.00. The summed E-state index contributed by atoms with van der Waals surface area (Å²) in [7, 11) is 1.69. The molecule has 0 aliphatic carbocycles. The summed E-state index contributed by atoms with van der Waals surface area (Å²) in [5, 5.41) is 3.44. The molecule has 0 atom stereocenters. The fourth-order valence-corrected chi connectivity index (χ4v) is 2.03. The van der Waals surface area contributed by atoms with Gasteiger partial charge in [0.2, 0.25) is 0 Å². The van der Waals surface area contributed by atoms with Crippen molar-refractivity contribution >= 4 is 0 Å². The number of unbranched alkanes of at least 4 members (excludes halogenated alkanes) is 1. The second-order valence-electron chi connectivity index (χ2n) is 4.89. The number of hydrogen-bond donors (Lipinski definition) is 1. The van der Waals surface area contributed by atoms with Crippen molar-refractivity contribution in [3.63, 3.8) is 0 Å². The van der Waals surface area contributed by atoms with E-state index in [-0.39, 0.29) is 0 Å². The molecule has 0 aliphatic heterocycles. The summed E-state index contributed by atoms with van der Waals surface area (Å²) in [5.41, 5.74) is 1.27. The highest BCUT2D eigenvalue weighted by Crippen LogP contribution is 2.11. The second-order valence-corrected chi connectivity index (χ2v) is 4.89. The van der Waals surface area contributed by atoms with Gasteiger partial charge in [-0.1, -0.05) is 30.3 Å². The average molecular weight is 285 g/mol. The molecule has 1 N–H and O–H groups in total. The maximum Gasteiger partial charge on any atom is 0.119 e. The summed E-state index contributed by atoms with van der Waals surface area (Å²) in [6.45, 7) is 2.67. The zero-order valence-corrected chi connectivity index (χ0v) is 12.5. The first-order chi connectivity index (χ1) is 10.4. The van der Waals surface area contributed by atoms with Crippen LogP contribution in [0.2, 0.25) is 0 Å². The minimum absolute atomic E-state index is 0.772. The molecule has 0 spiro atoms. The van der Waals surface area contributed by atoms with Crippen LogP contribution in [0.25, 0.3) is 0 Å². The van der Waals surface area contributed by atoms with Crippen LogP contribution in [0.15, 0.2) is 54.6 Å². The van der Waals surface area contributed by atoms with Gasteiger partial charge in [0.1, 0.15) is 11.5 Å². The molecule has 0 radical (unpaired) electrons. The second kappa shape index (κ2) is 9.03. The molecule has 2 aromatic rings. The largest absolute Gasteiger partial charge is 0.497 e. The lowest BCUT2D eigenvalue weighted by atomic mass is 10.2. The lowest BCUT2D eigenvalue weighted by Crippen LogP contribution is -2.15. The molecule has 0 bridgehead atoms. The van der Waals surface area contributed by atoms with E-state index in [0.29, 0.717) is 0 Å². The number of rotatable bonds is 9. The van der Waals surface area contributed by atoms with E-state index in [9.17, 15) is 0 Å². The summed E-state index contributed by atoms with van der Waals surface area (Å²) in [4.78, 5) is 0. The first-order valence-corrected chi connectivity index (χ1v) is 7.40. The van der Waals surface area contributed by atoms with Gasteiger partial charge in [-0.15, -0.1) is 0 Å². The van der Waals surface area contributed by atoms with E-state index in [1.165, 1.54) is 5.56 Å². The van der Waals surface area contributed by atoms with Crippen LogP contribution in [0.3, 0.4) is 0 Å². The van der Waals surface area contributed by atoms with Crippen LogP contribution in [0.4, 0.5) is 0 Å². The van der Waals surface area contributed by atoms with Gasteiger partial charge < -0.3 is 14.8 Å². The van der Waals surface area contributed by atoms with Crippen LogP contribution in [0, 0.1) is 0 Å². The third-order valence-corrected chi connectivity index (χ3v) is 3.25. The minimum Gasteiger partial charge on any atom is -0.497 e. The van der Waals surface area contributed by atoms with Crippen LogP contribution >= 0.6 is 0 Å². The van der Waals surface area contributed by atoms with Crippen molar-refractivity contribution in [1.29, 1.82) is 0 Å². The SMILES string of the molecule is COc1ccc(CNCCCCOc2ccccc2)cc1. The Morgan fingerprint density at radius 3 is 2.33 bits per heavy atom. The Bertz CT molecular complexity index is 496. The molecule has 0 heterocycles. The first kappa shape index (κ1) is 15.4. The van der Waals surface area contributed by atoms with E-state index in [1.54, 1.807) is 7.11 Å². The summed E-state index contributed by atoms with van der Waals surface area (Å²) >= 11 is 0. The lowest BCUT2D eigenvalue weighted by molar-refractivity contribution is 0.306. The average Bonchev–Trinajstić information content (AvgIpc) is 2.55. The van der Waals surface area contributed by atoms with E-state index in [2.05, 4.69) is 17.4 Å². The quantitative estimate of drug-likeness (QED) is 0.713. The van der Waals surface area contributed by atoms with Crippen molar-refractivity contribution < 1.29 is 9.47 Å². The van der Waals surface area contributed by atoms with E-state index in [1.807, 2.05) is 42.5 Å². The third-order valence-electron chi connectivity index (χ3n) is 3.25. The van der Waals surface area contributed by atoms with Gasteiger partial charge in [0.25, 0.3) is 0 Å². The number of methoxy groups -OCH3 is 1. The van der Waals surface area contributed by atoms with Gasteiger partial charge in [0, 0.05) is 6.54 Å². The molecular weight excluding hydrogens is 262 g/mol. The maximum absolute atomic E-state index is 5.65. The Labute approximate surface area is 126 Å². The smallest absolute Gasteiger partial charge is 0.119 e. The minimum atomic E-state index is 0.772. The highest BCUT2D eigenvalue weighted by atomic mass is 16.5. The molecule has 0 unspecified atom stereocenters. The molecule has 0 fully saturated rings. The Kier molecular flexibility index (Phi) is 6.62. The van der Waals surface area contributed by atoms with Crippen LogP contribution in [0.1, 0.15) is 18.4 Å². The molecule has 0 aromatic heterocycles. The van der Waals surface area contributed by atoms with Crippen molar-refractivity contribution in [2.24, 2.45) is 0 Å². The Morgan fingerprint density at radius 1 is 0.857 bits per heavy atom. The molecule has 0 saturated heterocycles. The maximum atomic E-state index is 5.65. The van der Waals surface area contributed by atoms with Crippen LogP contribution in [-0.2, 0) is 6.54 Å². The monoisotopic (exact) mass is 285 g/mol. The molecule has 2 aromatic carbocycles. The van der Waals surface area contributed by atoms with Crippen LogP contribution in [0.5, 0.6) is 11.5 Å². The first-order valence-electron chi connectivity index (χ1n) is 7.40. The fourth-order valence-electron chi connectivity index (χ4n) is 2.03. The predicted molar refractivity (Wildman–Crippen MR) is 85.9 cm³/mol. The fraction of sp³-hybridized carbons (Fsp3) is 0.333. The zero-order chi connectivity index (χ0) is 14.8. The van der Waals surface area contributed by atoms with Crippen molar-refractivity contribution in [2.45, 2.75) is 19.4 Å². The van der Waals surface area contributed by atoms with Gasteiger partial charge in [0.05, 0.1) is 13.7 Å². The number of hydrogen-bond acceptors (Lipinski definition) is 3. The van der Waals surface area contributed by atoms with Crippen molar-refractivity contribution in [3.05, 3.63) is 60.2 Å². The number of para-hydroxylation sites is 1. The van der Waals surface area contributed by atoms with Crippen LogP contribution in [-0.4, -0.2) is 20.3 Å². The number of benzene rings is 2. The van der Waals surface area contributed by atoms with Crippen LogP contribution < -0.4 is 14.8 Å². The zero-order valence-electron chi connectivity index (χ0n) is 12.5. The standard InChI is InChI=1S/C18H23NO2/c1-20-17-11-9-16(10-12-17)15-19-13-5-6-14-21-18-7-3-2-4-8-18/h2-4,7-12,19H,5-6,13-15H2,1H3. The number of ether oxygens (including phenoxy) is 2. The van der Waals surface area contributed by atoms with Gasteiger partial charge in [-0.25, -0.2) is 0 Å². The van der Waals surface area contributed by atoms with Crippen molar-refractivity contribution in [2.75, 3.05) is 20.3 Å². The number of nitrogens with one attached hydrogen (secondary N) is 1. The van der Waals surface area contributed by atoms with Crippen molar-refractivity contribution in [1.82, 2.24) is 5.32 Å². The summed E-state index contributed by atoms with van der Waals surface area (Å²) in [6.07, 6.45) is 2.17. The highest BCUT2D eigenvalue weighted by Gasteiger charge is 1.95. The third kappa shape index (κ3) is 5.88. The van der Waals surface area contributed by atoms with Gasteiger partial charge in [-0.2, -0.15) is 0 Å².